The fourth-order valence-electron chi connectivity index (χ4n) is 2.56. The molecular weight excluding hydrogens is 415 g/mol. The lowest BCUT2D eigenvalue weighted by Gasteiger charge is -2.10. The number of carbonyl (C=O) groups is 1. The van der Waals surface area contributed by atoms with Gasteiger partial charge in [0.05, 0.1) is 14.8 Å². The highest BCUT2D eigenvalue weighted by atomic mass is 79.9. The van der Waals surface area contributed by atoms with Crippen LogP contribution in [0.4, 0.5) is 4.39 Å². The van der Waals surface area contributed by atoms with Crippen molar-refractivity contribution in [3.63, 3.8) is 0 Å². The van der Waals surface area contributed by atoms with Gasteiger partial charge in [-0.1, -0.05) is 25.4 Å². The van der Waals surface area contributed by atoms with Crippen LogP contribution in [0.1, 0.15) is 37.0 Å². The van der Waals surface area contributed by atoms with Gasteiger partial charge >= 0.3 is 0 Å². The number of carbonyl (C=O) groups excluding carboxylic acids is 1. The molecule has 1 saturated carbocycles. The molecule has 2 aromatic rings. The minimum Gasteiger partial charge on any atom is -0.456 e. The van der Waals surface area contributed by atoms with Crippen LogP contribution in [0.15, 0.2) is 39.7 Å². The fraction of sp³-hybridized carbons (Fsp3) is 0.278. The van der Waals surface area contributed by atoms with Gasteiger partial charge in [0.2, 0.25) is 0 Å². The van der Waals surface area contributed by atoms with Gasteiger partial charge in [-0.15, -0.1) is 11.8 Å². The molecule has 2 aliphatic rings. The van der Waals surface area contributed by atoms with Gasteiger partial charge in [-0.05, 0) is 53.0 Å². The van der Waals surface area contributed by atoms with Crippen LogP contribution < -0.4 is 4.74 Å². The Labute approximate surface area is 157 Å². The summed E-state index contributed by atoms with van der Waals surface area (Å²) in [6, 6.07) is 7.66. The van der Waals surface area contributed by atoms with E-state index < -0.39 is 5.82 Å². The Balaban J connectivity index is 0.000000815. The summed E-state index contributed by atoms with van der Waals surface area (Å²) in [4.78, 5) is 13.5. The van der Waals surface area contributed by atoms with E-state index in [1.807, 2.05) is 19.9 Å². The van der Waals surface area contributed by atoms with Crippen molar-refractivity contribution in [2.45, 2.75) is 36.3 Å². The topological polar surface area (TPSA) is 26.3 Å². The molecule has 2 aromatic carbocycles. The Kier molecular flexibility index (Phi) is 4.96. The number of benzene rings is 2. The highest BCUT2D eigenvalue weighted by Crippen LogP contribution is 2.61. The summed E-state index contributed by atoms with van der Waals surface area (Å²) < 4.78 is 19.5. The lowest BCUT2D eigenvalue weighted by atomic mass is 10.1. The van der Waals surface area contributed by atoms with Crippen LogP contribution in [0.25, 0.3) is 0 Å². The van der Waals surface area contributed by atoms with E-state index in [0.717, 1.165) is 17.7 Å². The standard InChI is InChI=1S/C16H9BrClFO2S.C2H6/c17-14-11(21-10-6-8(18)5-9(19)7-10)1-2-12-13(14)15(20)16(22-12)3-4-16;1-2/h1-2,5-7H,3-4H2;1-2H3. The van der Waals surface area contributed by atoms with Gasteiger partial charge in [-0.25, -0.2) is 4.39 Å². The highest BCUT2D eigenvalue weighted by molar-refractivity contribution is 9.10. The molecule has 0 radical (unpaired) electrons. The summed E-state index contributed by atoms with van der Waals surface area (Å²) >= 11 is 10.9. The smallest absolute Gasteiger partial charge is 0.181 e. The van der Waals surface area contributed by atoms with Crippen LogP contribution in [0.3, 0.4) is 0 Å². The van der Waals surface area contributed by atoms with Gasteiger partial charge in [0.15, 0.2) is 5.78 Å². The molecule has 1 spiro atoms. The number of thioether (sulfide) groups is 1. The maximum absolute atomic E-state index is 13.4. The number of hydrogen-bond donors (Lipinski definition) is 0. The van der Waals surface area contributed by atoms with Gasteiger partial charge < -0.3 is 4.74 Å². The molecule has 1 heterocycles. The highest BCUT2D eigenvalue weighted by Gasteiger charge is 2.56. The number of halogens is 3. The number of ketones is 1. The predicted molar refractivity (Wildman–Crippen MR) is 99.1 cm³/mol. The van der Waals surface area contributed by atoms with Crippen LogP contribution >= 0.6 is 39.3 Å². The summed E-state index contributed by atoms with van der Waals surface area (Å²) in [7, 11) is 0. The second-order valence-corrected chi connectivity index (χ2v) is 8.04. The van der Waals surface area contributed by atoms with E-state index in [-0.39, 0.29) is 15.6 Å². The molecule has 0 saturated heterocycles. The zero-order valence-corrected chi connectivity index (χ0v) is 16.3. The minimum atomic E-state index is -0.469. The molecule has 0 N–H and O–H groups in total. The minimum absolute atomic E-state index is 0.155. The summed E-state index contributed by atoms with van der Waals surface area (Å²) in [5, 5.41) is 0.260. The van der Waals surface area contributed by atoms with Gasteiger partial charge in [-0.3, -0.25) is 4.79 Å². The van der Waals surface area contributed by atoms with Crippen molar-refractivity contribution in [3.05, 3.63) is 51.2 Å². The monoisotopic (exact) mass is 428 g/mol. The Hall–Kier alpha value is -1.04. The number of Topliss-reactive ketones (excluding diaryl/α,β-unsaturated/α-hetero) is 1. The van der Waals surface area contributed by atoms with E-state index >= 15 is 0 Å². The van der Waals surface area contributed by atoms with E-state index in [2.05, 4.69) is 15.9 Å². The molecule has 0 atom stereocenters. The second-order valence-electron chi connectivity index (χ2n) is 5.38. The van der Waals surface area contributed by atoms with Crippen LogP contribution in [0, 0.1) is 5.82 Å². The van der Waals surface area contributed by atoms with Crippen molar-refractivity contribution in [2.75, 3.05) is 0 Å². The van der Waals surface area contributed by atoms with Gasteiger partial charge in [0.25, 0.3) is 0 Å². The molecule has 2 nitrogen and oxygen atoms in total. The number of hydrogen-bond acceptors (Lipinski definition) is 3. The first-order valence-electron chi connectivity index (χ1n) is 7.69. The maximum Gasteiger partial charge on any atom is 0.181 e. The first-order valence-corrected chi connectivity index (χ1v) is 9.67. The van der Waals surface area contributed by atoms with Gasteiger partial charge in [0, 0.05) is 16.0 Å². The van der Waals surface area contributed by atoms with Crippen molar-refractivity contribution >= 4 is 45.1 Å². The third kappa shape index (κ3) is 3.09. The van der Waals surface area contributed by atoms with Crippen LogP contribution in [0.5, 0.6) is 11.5 Å². The van der Waals surface area contributed by atoms with Crippen molar-refractivity contribution in [3.8, 4) is 11.5 Å². The summed E-state index contributed by atoms with van der Waals surface area (Å²) in [5.74, 6) is 0.461. The van der Waals surface area contributed by atoms with E-state index in [9.17, 15) is 9.18 Å². The molecule has 6 heteroatoms. The third-order valence-corrected chi connectivity index (χ3v) is 6.33. The molecule has 126 valence electrons. The normalized spacial score (nSPS) is 16.5. The third-order valence-electron chi connectivity index (χ3n) is 3.78. The molecule has 0 aromatic heterocycles. The molecule has 0 amide bonds. The average Bonchev–Trinajstić information content (AvgIpc) is 3.25. The largest absolute Gasteiger partial charge is 0.456 e. The van der Waals surface area contributed by atoms with E-state index in [4.69, 9.17) is 16.3 Å². The van der Waals surface area contributed by atoms with Crippen molar-refractivity contribution in [1.29, 1.82) is 0 Å². The lowest BCUT2D eigenvalue weighted by molar-refractivity contribution is 0.0982. The first kappa shape index (κ1) is 17.8. The number of rotatable bonds is 2. The Morgan fingerprint density at radius 2 is 1.96 bits per heavy atom. The summed E-state index contributed by atoms with van der Waals surface area (Å²) in [5.41, 5.74) is 0.669. The van der Waals surface area contributed by atoms with Crippen molar-refractivity contribution < 1.29 is 13.9 Å². The second kappa shape index (κ2) is 6.70. The quantitative estimate of drug-likeness (QED) is 0.520. The summed E-state index contributed by atoms with van der Waals surface area (Å²) in [6.45, 7) is 4.00. The molecule has 4 rings (SSSR count). The maximum atomic E-state index is 13.4. The number of ether oxygens (including phenoxy) is 1. The SMILES string of the molecule is CC.O=C1c2c(ccc(Oc3cc(F)cc(Cl)c3)c2Br)SC12CC2. The fourth-order valence-corrected chi connectivity index (χ4v) is 4.86. The zero-order valence-electron chi connectivity index (χ0n) is 13.2. The van der Waals surface area contributed by atoms with Gasteiger partial charge in [-0.2, -0.15) is 0 Å². The molecular formula is C18H15BrClFO2S. The zero-order chi connectivity index (χ0) is 17.5. The summed E-state index contributed by atoms with van der Waals surface area (Å²) in [6.07, 6.45) is 1.85. The van der Waals surface area contributed by atoms with Crippen LogP contribution in [-0.4, -0.2) is 10.5 Å². The lowest BCUT2D eigenvalue weighted by Crippen LogP contribution is -2.12. The van der Waals surface area contributed by atoms with Crippen LogP contribution in [-0.2, 0) is 0 Å². The molecule has 1 aliphatic carbocycles. The average molecular weight is 430 g/mol. The molecule has 0 bridgehead atoms. The van der Waals surface area contributed by atoms with E-state index in [1.54, 1.807) is 17.8 Å². The molecule has 1 fully saturated rings. The van der Waals surface area contributed by atoms with Gasteiger partial charge in [0.1, 0.15) is 17.3 Å². The van der Waals surface area contributed by atoms with Crippen LogP contribution in [0.2, 0.25) is 5.02 Å². The molecule has 0 unspecified atom stereocenters. The molecule has 24 heavy (non-hydrogen) atoms. The predicted octanol–water partition coefficient (Wildman–Crippen LogP) is 6.88. The van der Waals surface area contributed by atoms with Crippen molar-refractivity contribution in [1.82, 2.24) is 0 Å². The Bertz CT molecular complexity index is 801. The van der Waals surface area contributed by atoms with E-state index in [1.165, 1.54) is 18.2 Å². The number of fused-ring (bicyclic) bond motifs is 1. The Morgan fingerprint density at radius 1 is 1.25 bits per heavy atom. The molecule has 1 aliphatic heterocycles. The van der Waals surface area contributed by atoms with Crippen molar-refractivity contribution in [2.24, 2.45) is 0 Å². The Morgan fingerprint density at radius 3 is 2.58 bits per heavy atom. The van der Waals surface area contributed by atoms with E-state index in [0.29, 0.717) is 21.5 Å². The first-order chi connectivity index (χ1) is 11.5.